The Morgan fingerprint density at radius 2 is 0.870 bits per heavy atom. The van der Waals surface area contributed by atoms with Crippen molar-refractivity contribution in [1.82, 2.24) is 5.32 Å². The van der Waals surface area contributed by atoms with Crippen LogP contribution in [0.5, 0.6) is 5.75 Å². The van der Waals surface area contributed by atoms with Crippen LogP contribution in [-0.2, 0) is 16.5 Å². The Balaban J connectivity index is 1.34. The molecule has 6 aromatic carbocycles. The first-order valence-electron chi connectivity index (χ1n) is 16.3. The lowest BCUT2D eigenvalue weighted by atomic mass is 9.76. The third kappa shape index (κ3) is 5.04. The van der Waals surface area contributed by atoms with Crippen molar-refractivity contribution in [3.8, 4) is 5.75 Å². The maximum Gasteiger partial charge on any atom is 0.121 e. The van der Waals surface area contributed by atoms with E-state index in [1.807, 2.05) is 0 Å². The van der Waals surface area contributed by atoms with Crippen LogP contribution < -0.4 is 10.1 Å². The van der Waals surface area contributed by atoms with Crippen molar-refractivity contribution in [2.75, 3.05) is 0 Å². The highest BCUT2D eigenvalue weighted by molar-refractivity contribution is 5.65. The second-order valence-electron chi connectivity index (χ2n) is 13.4. The average Bonchev–Trinajstić information content (AvgIpc) is 3.43. The summed E-state index contributed by atoms with van der Waals surface area (Å²) in [4.78, 5) is 0. The molecule has 0 saturated carbocycles. The lowest BCUT2D eigenvalue weighted by molar-refractivity contribution is 0.226. The predicted molar refractivity (Wildman–Crippen MR) is 189 cm³/mol. The Kier molecular flexibility index (Phi) is 7.63. The zero-order chi connectivity index (χ0) is 31.8. The van der Waals surface area contributed by atoms with Crippen molar-refractivity contribution in [3.63, 3.8) is 0 Å². The Morgan fingerprint density at radius 3 is 1.28 bits per heavy atom. The van der Waals surface area contributed by atoms with E-state index >= 15 is 0 Å². The molecule has 46 heavy (non-hydrogen) atoms. The van der Waals surface area contributed by atoms with Crippen molar-refractivity contribution in [3.05, 3.63) is 208 Å². The van der Waals surface area contributed by atoms with Crippen LogP contribution >= 0.6 is 0 Å². The average molecular weight is 600 g/mol. The number of fused-ring (bicyclic) bond motifs is 1. The van der Waals surface area contributed by atoms with Gasteiger partial charge in [0.05, 0.1) is 11.1 Å². The van der Waals surface area contributed by atoms with Gasteiger partial charge in [-0.15, -0.1) is 0 Å². The SMILES string of the molecule is CC(Oc1ccc(C2(c3ccccc3)NC(c3ccccc3)(c3ccccc3)c3ccccc32)cc1)c1ccc(C(C)(C)C)cc1. The third-order valence-electron chi connectivity index (χ3n) is 9.58. The second kappa shape index (κ2) is 11.8. The first kappa shape index (κ1) is 29.8. The molecule has 0 saturated heterocycles. The van der Waals surface area contributed by atoms with Crippen molar-refractivity contribution in [2.24, 2.45) is 0 Å². The van der Waals surface area contributed by atoms with Crippen molar-refractivity contribution >= 4 is 0 Å². The van der Waals surface area contributed by atoms with E-state index in [1.165, 1.54) is 38.9 Å². The maximum absolute atomic E-state index is 6.51. The van der Waals surface area contributed by atoms with Crippen LogP contribution in [0.15, 0.2) is 164 Å². The van der Waals surface area contributed by atoms with Crippen LogP contribution in [-0.4, -0.2) is 0 Å². The Morgan fingerprint density at radius 1 is 0.478 bits per heavy atom. The number of hydrogen-bond donors (Lipinski definition) is 1. The minimum absolute atomic E-state index is 0.0721. The molecule has 2 nitrogen and oxygen atoms in total. The highest BCUT2D eigenvalue weighted by Crippen LogP contribution is 2.54. The van der Waals surface area contributed by atoms with Gasteiger partial charge < -0.3 is 4.74 Å². The molecule has 1 aliphatic rings. The molecule has 0 radical (unpaired) electrons. The van der Waals surface area contributed by atoms with E-state index in [-0.39, 0.29) is 11.5 Å². The molecule has 2 unspecified atom stereocenters. The van der Waals surface area contributed by atoms with Gasteiger partial charge in [-0.05, 0) is 69.0 Å². The topological polar surface area (TPSA) is 21.3 Å². The monoisotopic (exact) mass is 599 g/mol. The lowest BCUT2D eigenvalue weighted by Gasteiger charge is -2.39. The van der Waals surface area contributed by atoms with Crippen LogP contribution in [0.4, 0.5) is 0 Å². The van der Waals surface area contributed by atoms with Gasteiger partial charge in [-0.1, -0.05) is 172 Å². The number of rotatable bonds is 7. The molecule has 6 aromatic rings. The van der Waals surface area contributed by atoms with Gasteiger partial charge in [-0.2, -0.15) is 0 Å². The largest absolute Gasteiger partial charge is 0.486 e. The van der Waals surface area contributed by atoms with E-state index < -0.39 is 11.1 Å². The molecule has 7 rings (SSSR count). The van der Waals surface area contributed by atoms with E-state index in [0.29, 0.717) is 0 Å². The van der Waals surface area contributed by atoms with Gasteiger partial charge in [-0.25, -0.2) is 0 Å². The first-order valence-corrected chi connectivity index (χ1v) is 16.3. The van der Waals surface area contributed by atoms with Crippen LogP contribution in [0.3, 0.4) is 0 Å². The predicted octanol–water partition coefficient (Wildman–Crippen LogP) is 10.3. The first-order chi connectivity index (χ1) is 22.3. The minimum atomic E-state index is -0.615. The number of ether oxygens (including phenoxy) is 1. The molecular formula is C44H41NO. The molecule has 0 aromatic heterocycles. The summed E-state index contributed by atoms with van der Waals surface area (Å²) >= 11 is 0. The molecule has 228 valence electrons. The highest BCUT2D eigenvalue weighted by Gasteiger charge is 2.54. The molecule has 0 fully saturated rings. The molecule has 0 spiro atoms. The zero-order valence-electron chi connectivity index (χ0n) is 27.1. The lowest BCUT2D eigenvalue weighted by Crippen LogP contribution is -2.50. The molecule has 1 N–H and O–H groups in total. The van der Waals surface area contributed by atoms with Gasteiger partial charge >= 0.3 is 0 Å². The van der Waals surface area contributed by atoms with Crippen LogP contribution in [0.2, 0.25) is 0 Å². The van der Waals surface area contributed by atoms with E-state index in [2.05, 4.69) is 197 Å². The van der Waals surface area contributed by atoms with Crippen LogP contribution in [0.25, 0.3) is 0 Å². The molecule has 0 bridgehead atoms. The summed E-state index contributed by atoms with van der Waals surface area (Å²) in [6.07, 6.45) is -0.0721. The molecule has 2 atom stereocenters. The highest BCUT2D eigenvalue weighted by atomic mass is 16.5. The van der Waals surface area contributed by atoms with Crippen molar-refractivity contribution in [2.45, 2.75) is 50.3 Å². The van der Waals surface area contributed by atoms with Gasteiger partial charge in [0.25, 0.3) is 0 Å². The zero-order valence-corrected chi connectivity index (χ0v) is 27.1. The van der Waals surface area contributed by atoms with Gasteiger partial charge in [0.15, 0.2) is 0 Å². The molecule has 1 aliphatic heterocycles. The fourth-order valence-electron chi connectivity index (χ4n) is 7.17. The minimum Gasteiger partial charge on any atom is -0.486 e. The van der Waals surface area contributed by atoms with Crippen molar-refractivity contribution < 1.29 is 4.74 Å². The van der Waals surface area contributed by atoms with Gasteiger partial charge in [-0.3, -0.25) is 5.32 Å². The van der Waals surface area contributed by atoms with E-state index in [9.17, 15) is 0 Å². The van der Waals surface area contributed by atoms with Gasteiger partial charge in [0, 0.05) is 0 Å². The molecular weight excluding hydrogens is 558 g/mol. The molecule has 0 amide bonds. The molecule has 0 aliphatic carbocycles. The quantitative estimate of drug-likeness (QED) is 0.197. The van der Waals surface area contributed by atoms with Gasteiger partial charge in [0.2, 0.25) is 0 Å². The second-order valence-corrected chi connectivity index (χ2v) is 13.4. The fraction of sp³-hybridized carbons (Fsp3) is 0.182. The summed E-state index contributed by atoms with van der Waals surface area (Å²) in [5.74, 6) is 0.850. The van der Waals surface area contributed by atoms with Gasteiger partial charge in [0.1, 0.15) is 11.9 Å². The van der Waals surface area contributed by atoms with Crippen molar-refractivity contribution in [1.29, 1.82) is 0 Å². The summed E-state index contributed by atoms with van der Waals surface area (Å²) < 4.78 is 6.51. The van der Waals surface area contributed by atoms with Crippen LogP contribution in [0.1, 0.15) is 78.3 Å². The number of benzene rings is 6. The number of nitrogens with one attached hydrogen (secondary N) is 1. The Bertz CT molecular complexity index is 1870. The maximum atomic E-state index is 6.51. The molecule has 1 heterocycles. The summed E-state index contributed by atoms with van der Waals surface area (Å²) in [5.41, 5.74) is 8.69. The number of hydrogen-bond acceptors (Lipinski definition) is 2. The summed E-state index contributed by atoms with van der Waals surface area (Å²) in [6, 6.07) is 58.9. The normalized spacial score (nSPS) is 17.7. The standard InChI is InChI=1S/C44H41NO/c1-32(33-24-26-34(27-25-33)42(2,3)4)46-39-30-28-38(29-31-39)44(37-20-12-7-13-21-37)41-23-15-14-22-40(41)43(45-44,35-16-8-5-9-17-35)36-18-10-6-11-19-36/h5-32,45H,1-4H3. The fourth-order valence-corrected chi connectivity index (χ4v) is 7.17. The van der Waals surface area contributed by atoms with E-state index in [4.69, 9.17) is 4.74 Å². The van der Waals surface area contributed by atoms with E-state index in [1.54, 1.807) is 0 Å². The third-order valence-corrected chi connectivity index (χ3v) is 9.58. The summed E-state index contributed by atoms with van der Waals surface area (Å²) in [6.45, 7) is 8.85. The smallest absolute Gasteiger partial charge is 0.121 e. The Hall–Kier alpha value is -4.92. The summed E-state index contributed by atoms with van der Waals surface area (Å²) in [7, 11) is 0. The Labute approximate surface area is 273 Å². The molecule has 2 heteroatoms. The van der Waals surface area contributed by atoms with E-state index in [0.717, 1.165) is 11.3 Å². The summed E-state index contributed by atoms with van der Waals surface area (Å²) in [5, 5.41) is 4.31. The van der Waals surface area contributed by atoms with Crippen LogP contribution in [0, 0.1) is 0 Å².